The molecule has 37 heavy (non-hydrogen) atoms. The van der Waals surface area contributed by atoms with E-state index in [1.54, 1.807) is 25.3 Å². The minimum Gasteiger partial charge on any atom is -0.481 e. The minimum absolute atomic E-state index is 0. The number of hydrogen-bond acceptors (Lipinski definition) is 8. The molecule has 8 nitrogen and oxygen atoms in total. The Morgan fingerprint density at radius 3 is 2.46 bits per heavy atom. The molecule has 3 aromatic rings. The number of methoxy groups -OCH3 is 1. The number of hydrogen-bond donors (Lipinski definition) is 0. The van der Waals surface area contributed by atoms with E-state index in [-0.39, 0.29) is 25.3 Å². The van der Waals surface area contributed by atoms with Gasteiger partial charge >= 0.3 is 0 Å². The third kappa shape index (κ3) is 5.72. The maximum atomic E-state index is 13.6. The number of rotatable bonds is 5. The first-order valence-corrected chi connectivity index (χ1v) is 12.5. The van der Waals surface area contributed by atoms with Crippen LogP contribution in [0, 0.1) is 5.82 Å². The van der Waals surface area contributed by atoms with Crippen molar-refractivity contribution in [1.82, 2.24) is 15.0 Å². The fraction of sp³-hybridized carbons (Fsp3) is 0.444. The van der Waals surface area contributed by atoms with E-state index in [1.807, 2.05) is 12.1 Å². The van der Waals surface area contributed by atoms with Gasteiger partial charge in [0.1, 0.15) is 11.6 Å². The Bertz CT molecular complexity index is 1210. The summed E-state index contributed by atoms with van der Waals surface area (Å²) < 4.78 is 24.5. The number of aromatic nitrogens is 3. The van der Waals surface area contributed by atoms with E-state index in [2.05, 4.69) is 33.5 Å². The second kappa shape index (κ2) is 11.5. The largest absolute Gasteiger partial charge is 0.481 e. The second-order valence-corrected chi connectivity index (χ2v) is 9.59. The molecule has 0 bridgehead atoms. The van der Waals surface area contributed by atoms with Crippen molar-refractivity contribution < 1.29 is 13.9 Å². The molecule has 1 aromatic carbocycles. The van der Waals surface area contributed by atoms with Crippen LogP contribution in [0.15, 0.2) is 42.5 Å². The molecule has 2 aliphatic rings. The lowest BCUT2D eigenvalue weighted by atomic mass is 10.1. The minimum atomic E-state index is -0.274. The molecule has 198 valence electrons. The van der Waals surface area contributed by atoms with Crippen molar-refractivity contribution in [3.63, 3.8) is 0 Å². The predicted octanol–water partition coefficient (Wildman–Crippen LogP) is 4.92. The van der Waals surface area contributed by atoms with Gasteiger partial charge in [-0.2, -0.15) is 9.97 Å². The zero-order chi connectivity index (χ0) is 25.2. The lowest BCUT2D eigenvalue weighted by Crippen LogP contribution is -2.53. The first kappa shape index (κ1) is 26.9. The van der Waals surface area contributed by atoms with Crippen molar-refractivity contribution in [2.45, 2.75) is 33.4 Å². The van der Waals surface area contributed by atoms with Crippen molar-refractivity contribution in [1.29, 1.82) is 0 Å². The Balaban J connectivity index is 0.00000320. The summed E-state index contributed by atoms with van der Waals surface area (Å²) in [5.41, 5.74) is 1.61. The molecule has 2 aliphatic heterocycles. The maximum Gasteiger partial charge on any atom is 0.228 e. The zero-order valence-electron chi connectivity index (χ0n) is 20.7. The number of nitrogens with zero attached hydrogens (tertiary/aromatic N) is 6. The van der Waals surface area contributed by atoms with Gasteiger partial charge in [-0.25, -0.2) is 9.37 Å². The second-order valence-electron chi connectivity index (χ2n) is 9.18. The van der Waals surface area contributed by atoms with Crippen molar-refractivity contribution in [2.75, 3.05) is 61.2 Å². The van der Waals surface area contributed by atoms with Gasteiger partial charge in [0.05, 0.1) is 37.1 Å². The number of ether oxygens (including phenoxy) is 2. The number of halogens is 2. The summed E-state index contributed by atoms with van der Waals surface area (Å²) in [7, 11) is 1.60. The lowest BCUT2D eigenvalue weighted by Gasteiger charge is -2.42. The molecule has 2 atom stereocenters. The van der Waals surface area contributed by atoms with Gasteiger partial charge in [-0.3, -0.25) is 0 Å². The zero-order valence-corrected chi connectivity index (χ0v) is 21.5. The average Bonchev–Trinajstić information content (AvgIpc) is 2.89. The topological polar surface area (TPSA) is 66.9 Å². The van der Waals surface area contributed by atoms with Gasteiger partial charge in [-0.05, 0) is 44.2 Å². The van der Waals surface area contributed by atoms with Crippen molar-refractivity contribution in [2.24, 2.45) is 0 Å². The Hall–Kier alpha value is -3.17. The number of pyridine rings is 1. The number of piperazine rings is 1. The highest BCUT2D eigenvalue weighted by atomic mass is 35.5. The molecular weight excluding hydrogens is 495 g/mol. The van der Waals surface area contributed by atoms with Crippen LogP contribution in [-0.4, -0.2) is 73.5 Å². The van der Waals surface area contributed by atoms with Crippen LogP contribution in [-0.2, 0) is 4.74 Å². The van der Waals surface area contributed by atoms with E-state index in [1.165, 1.54) is 12.1 Å². The standard InChI is InChI=1S/C26H30ClFN6O2.CH4/c1-17-15-32(25-21(27)8-9-24(31-25)35-3)10-11-33(17)23-14-22(19-4-6-20(28)7-5-19)29-26(30-23)34-12-13-36-16-18(34)2;/h4-9,14,17-18H,10-13,15-16H2,1-3H3;1H4/t17-,18-;/m1./s1. The van der Waals surface area contributed by atoms with E-state index in [4.69, 9.17) is 31.0 Å². The van der Waals surface area contributed by atoms with E-state index >= 15 is 0 Å². The summed E-state index contributed by atoms with van der Waals surface area (Å²) in [6.07, 6.45) is 0. The molecule has 0 spiro atoms. The normalized spacial score (nSPS) is 20.0. The monoisotopic (exact) mass is 528 g/mol. The smallest absolute Gasteiger partial charge is 0.228 e. The van der Waals surface area contributed by atoms with E-state index in [9.17, 15) is 4.39 Å². The van der Waals surface area contributed by atoms with Crippen LogP contribution in [0.3, 0.4) is 0 Å². The van der Waals surface area contributed by atoms with Crippen LogP contribution in [0.4, 0.5) is 22.0 Å². The molecule has 2 aromatic heterocycles. The third-order valence-electron chi connectivity index (χ3n) is 6.70. The molecule has 5 rings (SSSR count). The van der Waals surface area contributed by atoms with E-state index in [0.29, 0.717) is 30.1 Å². The molecule has 10 heteroatoms. The summed E-state index contributed by atoms with van der Waals surface area (Å²) in [6.45, 7) is 8.43. The molecule has 0 saturated carbocycles. The van der Waals surface area contributed by atoms with E-state index < -0.39 is 0 Å². The highest BCUT2D eigenvalue weighted by Crippen LogP contribution is 2.32. The fourth-order valence-corrected chi connectivity index (χ4v) is 4.96. The Morgan fingerprint density at radius 1 is 0.973 bits per heavy atom. The van der Waals surface area contributed by atoms with Crippen LogP contribution in [0.1, 0.15) is 21.3 Å². The molecule has 0 unspecified atom stereocenters. The quantitative estimate of drug-likeness (QED) is 0.462. The van der Waals surface area contributed by atoms with Crippen molar-refractivity contribution >= 4 is 29.2 Å². The van der Waals surface area contributed by atoms with Gasteiger partial charge < -0.3 is 24.2 Å². The predicted molar refractivity (Wildman–Crippen MR) is 147 cm³/mol. The van der Waals surface area contributed by atoms with Crippen LogP contribution < -0.4 is 19.4 Å². The van der Waals surface area contributed by atoms with Crippen LogP contribution in [0.25, 0.3) is 11.3 Å². The number of benzene rings is 1. The molecule has 0 aliphatic carbocycles. The molecular formula is C27H34ClFN6O2. The highest BCUT2D eigenvalue weighted by Gasteiger charge is 2.29. The van der Waals surface area contributed by atoms with Crippen LogP contribution >= 0.6 is 11.6 Å². The van der Waals surface area contributed by atoms with E-state index in [0.717, 1.165) is 49.1 Å². The van der Waals surface area contributed by atoms with Gasteiger partial charge in [0.25, 0.3) is 0 Å². The third-order valence-corrected chi connectivity index (χ3v) is 6.99. The SMILES string of the molecule is C.COc1ccc(Cl)c(N2CCN(c3cc(-c4ccc(F)cc4)nc(N4CCOC[C@H]4C)n3)[C@H](C)C2)n1. The van der Waals surface area contributed by atoms with Gasteiger partial charge in [0.2, 0.25) is 11.8 Å². The highest BCUT2D eigenvalue weighted by molar-refractivity contribution is 6.33. The fourth-order valence-electron chi connectivity index (χ4n) is 4.73. The first-order valence-electron chi connectivity index (χ1n) is 12.1. The van der Waals surface area contributed by atoms with Gasteiger partial charge in [-0.15, -0.1) is 0 Å². The van der Waals surface area contributed by atoms with Crippen LogP contribution in [0.2, 0.25) is 5.02 Å². The molecule has 0 N–H and O–H groups in total. The van der Waals surface area contributed by atoms with Crippen molar-refractivity contribution in [3.05, 3.63) is 53.3 Å². The Kier molecular flexibility index (Phi) is 8.34. The Labute approximate surface area is 223 Å². The summed E-state index contributed by atoms with van der Waals surface area (Å²) in [5.74, 6) is 2.49. The molecule has 2 fully saturated rings. The first-order chi connectivity index (χ1) is 17.4. The van der Waals surface area contributed by atoms with Gasteiger partial charge in [-0.1, -0.05) is 19.0 Å². The van der Waals surface area contributed by atoms with Crippen molar-refractivity contribution in [3.8, 4) is 17.1 Å². The lowest BCUT2D eigenvalue weighted by molar-refractivity contribution is 0.0981. The average molecular weight is 529 g/mol. The summed E-state index contributed by atoms with van der Waals surface area (Å²) in [5, 5.41) is 0.598. The summed E-state index contributed by atoms with van der Waals surface area (Å²) >= 11 is 6.47. The molecule has 2 saturated heterocycles. The molecule has 4 heterocycles. The summed E-state index contributed by atoms with van der Waals surface area (Å²) in [4.78, 5) is 21.1. The molecule has 0 radical (unpaired) electrons. The van der Waals surface area contributed by atoms with Crippen LogP contribution in [0.5, 0.6) is 5.88 Å². The summed E-state index contributed by atoms with van der Waals surface area (Å²) in [6, 6.07) is 12.3. The molecule has 0 amide bonds. The van der Waals surface area contributed by atoms with Gasteiger partial charge in [0, 0.05) is 49.9 Å². The van der Waals surface area contributed by atoms with Gasteiger partial charge in [0.15, 0.2) is 5.82 Å². The number of morpholine rings is 1. The maximum absolute atomic E-state index is 13.6. The number of anilines is 3. The Morgan fingerprint density at radius 2 is 1.76 bits per heavy atom.